The summed E-state index contributed by atoms with van der Waals surface area (Å²) in [6.07, 6.45) is 15.0. The molecule has 0 bridgehead atoms. The van der Waals surface area contributed by atoms with Crippen LogP contribution in [0.1, 0.15) is 125 Å². The molecule has 47 heavy (non-hydrogen) atoms. The quantitative estimate of drug-likeness (QED) is 0.0720. The van der Waals surface area contributed by atoms with Crippen molar-refractivity contribution < 1.29 is 22.3 Å². The third kappa shape index (κ3) is 10.1. The van der Waals surface area contributed by atoms with Gasteiger partial charge in [0.2, 0.25) is 0 Å². The molecule has 11 atom stereocenters. The Hall–Kier alpha value is -0.330. The highest BCUT2D eigenvalue weighted by molar-refractivity contribution is 7.80. The average Bonchev–Trinajstić information content (AvgIpc) is 3.36. The van der Waals surface area contributed by atoms with E-state index >= 15 is 0 Å². The topological polar surface area (TPSA) is 146 Å². The Morgan fingerprint density at radius 2 is 1.47 bits per heavy atom. The van der Waals surface area contributed by atoms with Crippen molar-refractivity contribution in [1.82, 2.24) is 16.0 Å². The minimum atomic E-state index is -4.46. The van der Waals surface area contributed by atoms with Gasteiger partial charge in [-0.05, 0) is 181 Å². The van der Waals surface area contributed by atoms with E-state index in [0.29, 0.717) is 53.4 Å². The Kier molecular flexibility index (Phi) is 14.9. The Labute approximate surface area is 288 Å². The molecule has 4 aliphatic rings. The summed E-state index contributed by atoms with van der Waals surface area (Å²) in [6, 6.07) is 0.571. The maximum Gasteiger partial charge on any atom is 0.397 e. The molecule has 0 unspecified atom stereocenters. The van der Waals surface area contributed by atoms with Gasteiger partial charge in [-0.2, -0.15) is 8.42 Å². The number of aliphatic hydroxyl groups is 1. The van der Waals surface area contributed by atoms with Crippen LogP contribution in [0.2, 0.25) is 0 Å². The van der Waals surface area contributed by atoms with E-state index in [1.807, 2.05) is 13.8 Å². The van der Waals surface area contributed by atoms with Crippen molar-refractivity contribution in [2.75, 3.05) is 39.3 Å². The molecule has 0 spiro atoms. The van der Waals surface area contributed by atoms with Gasteiger partial charge < -0.3 is 26.8 Å². The summed E-state index contributed by atoms with van der Waals surface area (Å²) in [5.74, 6) is 3.20. The van der Waals surface area contributed by atoms with Crippen LogP contribution in [0, 0.1) is 52.3 Å². The molecule has 0 aromatic carbocycles. The standard InChI is InChI=1S/C37H72N4O5S/c1-26(2)34(46-47(43,44)45)13-10-27(3)30-11-12-31-35-32(15-17-37(30,31)5)36(4)16-14-29(24-28(36)25-33(35)42)41-23-9-22-40-20-7-6-19-39-21-8-18-38/h26-35,39-42H,6-25,38H2,1-5H3,(H,43,44,45)/t27-,28-,29-,30-,31+,32+,33-,34-,35+,36+,37-/m1/s1. The number of nitrogens with one attached hydrogen (secondary N) is 3. The molecular formula is C37H72N4O5S. The van der Waals surface area contributed by atoms with Gasteiger partial charge in [-0.25, -0.2) is 4.18 Å². The summed E-state index contributed by atoms with van der Waals surface area (Å²) in [5, 5.41) is 22.8. The first kappa shape index (κ1) is 39.5. The lowest BCUT2D eigenvalue weighted by Gasteiger charge is -2.62. The molecule has 0 aromatic heterocycles. The van der Waals surface area contributed by atoms with Crippen LogP contribution >= 0.6 is 0 Å². The molecule has 4 rings (SSSR count). The van der Waals surface area contributed by atoms with E-state index in [1.54, 1.807) is 0 Å². The van der Waals surface area contributed by atoms with Crippen LogP contribution in [0.4, 0.5) is 0 Å². The molecule has 10 heteroatoms. The molecule has 0 radical (unpaired) electrons. The van der Waals surface area contributed by atoms with Gasteiger partial charge in [-0.1, -0.05) is 34.6 Å². The number of rotatable bonds is 20. The predicted octanol–water partition coefficient (Wildman–Crippen LogP) is 5.53. The Bertz CT molecular complexity index is 1050. The van der Waals surface area contributed by atoms with Crippen LogP contribution in [0.5, 0.6) is 0 Å². The van der Waals surface area contributed by atoms with Crippen LogP contribution in [-0.4, -0.2) is 75.6 Å². The predicted molar refractivity (Wildman–Crippen MR) is 191 cm³/mol. The summed E-state index contributed by atoms with van der Waals surface area (Å²) in [6.45, 7) is 17.4. The largest absolute Gasteiger partial charge is 0.397 e. The summed E-state index contributed by atoms with van der Waals surface area (Å²) in [5.41, 5.74) is 6.08. The monoisotopic (exact) mass is 685 g/mol. The highest BCUT2D eigenvalue weighted by Crippen LogP contribution is 2.68. The van der Waals surface area contributed by atoms with Gasteiger partial charge in [0.1, 0.15) is 0 Å². The van der Waals surface area contributed by atoms with Crippen molar-refractivity contribution in [3.8, 4) is 0 Å². The second-order valence-electron chi connectivity index (χ2n) is 17.0. The van der Waals surface area contributed by atoms with Gasteiger partial charge in [-0.15, -0.1) is 0 Å². The third-order valence-corrected chi connectivity index (χ3v) is 14.3. The van der Waals surface area contributed by atoms with E-state index in [-0.39, 0.29) is 17.4 Å². The zero-order valence-electron chi connectivity index (χ0n) is 30.5. The van der Waals surface area contributed by atoms with E-state index in [9.17, 15) is 18.1 Å². The average molecular weight is 685 g/mol. The van der Waals surface area contributed by atoms with Crippen LogP contribution in [-0.2, 0) is 14.6 Å². The first-order chi connectivity index (χ1) is 22.3. The third-order valence-electron chi connectivity index (χ3n) is 13.8. The summed E-state index contributed by atoms with van der Waals surface area (Å²) < 4.78 is 37.2. The lowest BCUT2D eigenvalue weighted by atomic mass is 9.43. The van der Waals surface area contributed by atoms with Crippen LogP contribution < -0.4 is 21.7 Å². The first-order valence-electron chi connectivity index (χ1n) is 19.5. The number of nitrogens with two attached hydrogens (primary N) is 1. The maximum atomic E-state index is 11.8. The van der Waals surface area contributed by atoms with E-state index in [4.69, 9.17) is 9.92 Å². The molecule has 4 aliphatic carbocycles. The molecular weight excluding hydrogens is 612 g/mol. The van der Waals surface area contributed by atoms with Gasteiger partial charge in [0.15, 0.2) is 0 Å². The SMILES string of the molecule is CC(C)[C@@H](CC[C@@H](C)[C@H]1CC[C@H]2[C@@H]3[C@H](O)C[C@H]4C[C@H](NCCCNCCCCNCCCN)CC[C@]4(C)[C@H]3CC[C@]12C)OS(=O)(=O)O. The fourth-order valence-electron chi connectivity index (χ4n) is 11.2. The van der Waals surface area contributed by atoms with E-state index < -0.39 is 16.5 Å². The fraction of sp³-hybridized carbons (Fsp3) is 1.00. The smallest absolute Gasteiger partial charge is 0.393 e. The molecule has 276 valence electrons. The van der Waals surface area contributed by atoms with Gasteiger partial charge in [-0.3, -0.25) is 4.55 Å². The minimum absolute atomic E-state index is 0.0137. The Morgan fingerprint density at radius 1 is 0.830 bits per heavy atom. The van der Waals surface area contributed by atoms with Crippen molar-refractivity contribution >= 4 is 10.4 Å². The number of hydrogen-bond donors (Lipinski definition) is 6. The Morgan fingerprint density at radius 3 is 2.13 bits per heavy atom. The van der Waals surface area contributed by atoms with Crippen molar-refractivity contribution in [2.24, 2.45) is 58.0 Å². The first-order valence-corrected chi connectivity index (χ1v) is 20.8. The van der Waals surface area contributed by atoms with Crippen LogP contribution in [0.3, 0.4) is 0 Å². The van der Waals surface area contributed by atoms with Crippen molar-refractivity contribution in [3.63, 3.8) is 0 Å². The van der Waals surface area contributed by atoms with Crippen LogP contribution in [0.25, 0.3) is 0 Å². The minimum Gasteiger partial charge on any atom is -0.393 e. The van der Waals surface area contributed by atoms with Gasteiger partial charge in [0, 0.05) is 6.04 Å². The van der Waals surface area contributed by atoms with E-state index in [2.05, 4.69) is 36.7 Å². The summed E-state index contributed by atoms with van der Waals surface area (Å²) in [7, 11) is -4.46. The van der Waals surface area contributed by atoms with Gasteiger partial charge >= 0.3 is 10.4 Å². The molecule has 0 amide bonds. The van der Waals surface area contributed by atoms with Gasteiger partial charge in [0.25, 0.3) is 0 Å². The number of hydrogen-bond acceptors (Lipinski definition) is 8. The second-order valence-corrected chi connectivity index (χ2v) is 18.1. The van der Waals surface area contributed by atoms with Crippen molar-refractivity contribution in [2.45, 2.75) is 143 Å². The van der Waals surface area contributed by atoms with Crippen molar-refractivity contribution in [3.05, 3.63) is 0 Å². The lowest BCUT2D eigenvalue weighted by molar-refractivity contribution is -0.167. The molecule has 0 saturated heterocycles. The fourth-order valence-corrected chi connectivity index (χ4v) is 11.8. The van der Waals surface area contributed by atoms with Crippen LogP contribution in [0.15, 0.2) is 0 Å². The Balaban J connectivity index is 1.23. The van der Waals surface area contributed by atoms with E-state index in [0.717, 1.165) is 65.0 Å². The highest BCUT2D eigenvalue weighted by Gasteiger charge is 2.62. The molecule has 0 aliphatic heterocycles. The normalized spacial score (nSPS) is 36.9. The molecule has 0 heterocycles. The molecule has 9 nitrogen and oxygen atoms in total. The second kappa shape index (κ2) is 17.7. The zero-order chi connectivity index (χ0) is 34.2. The molecule has 0 aromatic rings. The number of unbranched alkanes of at least 4 members (excludes halogenated alkanes) is 1. The molecule has 4 fully saturated rings. The molecule has 7 N–H and O–H groups in total. The summed E-state index contributed by atoms with van der Waals surface area (Å²) >= 11 is 0. The number of aliphatic hydroxyl groups excluding tert-OH is 1. The summed E-state index contributed by atoms with van der Waals surface area (Å²) in [4.78, 5) is 0. The number of fused-ring (bicyclic) bond motifs is 5. The maximum absolute atomic E-state index is 11.8. The van der Waals surface area contributed by atoms with Crippen molar-refractivity contribution in [1.29, 1.82) is 0 Å². The lowest BCUT2D eigenvalue weighted by Crippen LogP contribution is -2.59. The molecule has 4 saturated carbocycles. The highest BCUT2D eigenvalue weighted by atomic mass is 32.3. The van der Waals surface area contributed by atoms with Gasteiger partial charge in [0.05, 0.1) is 12.2 Å². The zero-order valence-corrected chi connectivity index (χ0v) is 31.3. The van der Waals surface area contributed by atoms with E-state index in [1.165, 1.54) is 57.8 Å².